The zero-order chi connectivity index (χ0) is 13.9. The Bertz CT molecular complexity index is 722. The fourth-order valence-corrected chi connectivity index (χ4v) is 3.44. The number of thioether (sulfide) groups is 1. The summed E-state index contributed by atoms with van der Waals surface area (Å²) in [5.74, 6) is -0.204. The molecular formula is C15H13FN2S2. The zero-order valence-corrected chi connectivity index (χ0v) is 12.5. The standard InChI is InChI=1S/C15H13FN2S2/c1-19-15-18-13-7-6-12(8-14(13)20-15)17-9-10-2-4-11(16)5-3-10/h2-8,17H,9H2,1H3. The van der Waals surface area contributed by atoms with Gasteiger partial charge in [0.15, 0.2) is 4.34 Å². The van der Waals surface area contributed by atoms with Gasteiger partial charge in [-0.25, -0.2) is 9.37 Å². The summed E-state index contributed by atoms with van der Waals surface area (Å²) in [5.41, 5.74) is 3.14. The predicted molar refractivity (Wildman–Crippen MR) is 85.1 cm³/mol. The number of hydrogen-bond acceptors (Lipinski definition) is 4. The lowest BCUT2D eigenvalue weighted by atomic mass is 10.2. The Hall–Kier alpha value is -1.59. The number of benzene rings is 2. The molecule has 0 aliphatic carbocycles. The van der Waals surface area contributed by atoms with E-state index in [4.69, 9.17) is 0 Å². The first-order valence-electron chi connectivity index (χ1n) is 6.17. The highest BCUT2D eigenvalue weighted by atomic mass is 32.2. The zero-order valence-electron chi connectivity index (χ0n) is 10.9. The van der Waals surface area contributed by atoms with Crippen molar-refractivity contribution < 1.29 is 4.39 Å². The van der Waals surface area contributed by atoms with Crippen molar-refractivity contribution in [2.24, 2.45) is 0 Å². The van der Waals surface area contributed by atoms with Crippen LogP contribution in [0.1, 0.15) is 5.56 Å². The topological polar surface area (TPSA) is 24.9 Å². The first-order valence-corrected chi connectivity index (χ1v) is 8.21. The lowest BCUT2D eigenvalue weighted by molar-refractivity contribution is 0.627. The van der Waals surface area contributed by atoms with Crippen LogP contribution in [0.2, 0.25) is 0 Å². The second-order valence-electron chi connectivity index (χ2n) is 4.35. The summed E-state index contributed by atoms with van der Waals surface area (Å²) in [6, 6.07) is 12.7. The van der Waals surface area contributed by atoms with Gasteiger partial charge in [0.2, 0.25) is 0 Å². The van der Waals surface area contributed by atoms with E-state index in [1.807, 2.05) is 18.4 Å². The van der Waals surface area contributed by atoms with Gasteiger partial charge in [-0.1, -0.05) is 23.9 Å². The molecule has 1 heterocycles. The van der Waals surface area contributed by atoms with Crippen molar-refractivity contribution >= 4 is 39.0 Å². The highest BCUT2D eigenvalue weighted by molar-refractivity contribution is 8.00. The maximum Gasteiger partial charge on any atom is 0.150 e. The molecule has 0 amide bonds. The van der Waals surface area contributed by atoms with Gasteiger partial charge in [-0.2, -0.15) is 0 Å². The van der Waals surface area contributed by atoms with Crippen LogP contribution in [-0.2, 0) is 6.54 Å². The molecule has 5 heteroatoms. The fourth-order valence-electron chi connectivity index (χ4n) is 1.91. The van der Waals surface area contributed by atoms with E-state index in [1.165, 1.54) is 16.8 Å². The van der Waals surface area contributed by atoms with Gasteiger partial charge in [0.05, 0.1) is 10.2 Å². The fraction of sp³-hybridized carbons (Fsp3) is 0.133. The van der Waals surface area contributed by atoms with Crippen LogP contribution in [0, 0.1) is 5.82 Å². The van der Waals surface area contributed by atoms with Crippen molar-refractivity contribution in [3.05, 3.63) is 53.8 Å². The van der Waals surface area contributed by atoms with Crippen molar-refractivity contribution in [2.75, 3.05) is 11.6 Å². The molecule has 102 valence electrons. The summed E-state index contributed by atoms with van der Waals surface area (Å²) in [6.45, 7) is 0.681. The van der Waals surface area contributed by atoms with E-state index in [9.17, 15) is 4.39 Å². The third-order valence-electron chi connectivity index (χ3n) is 2.95. The van der Waals surface area contributed by atoms with E-state index in [0.29, 0.717) is 6.54 Å². The van der Waals surface area contributed by atoms with E-state index in [1.54, 1.807) is 35.2 Å². The normalized spacial score (nSPS) is 10.9. The number of nitrogens with one attached hydrogen (secondary N) is 1. The molecule has 0 aliphatic heterocycles. The first-order chi connectivity index (χ1) is 9.74. The summed E-state index contributed by atoms with van der Waals surface area (Å²) in [4.78, 5) is 4.51. The van der Waals surface area contributed by atoms with Crippen molar-refractivity contribution in [1.82, 2.24) is 4.98 Å². The van der Waals surface area contributed by atoms with Crippen LogP contribution in [0.3, 0.4) is 0 Å². The third-order valence-corrected chi connectivity index (χ3v) is 4.96. The molecule has 3 rings (SSSR count). The molecule has 0 radical (unpaired) electrons. The first kappa shape index (κ1) is 13.4. The minimum atomic E-state index is -0.204. The van der Waals surface area contributed by atoms with Gasteiger partial charge in [-0.15, -0.1) is 11.3 Å². The second kappa shape index (κ2) is 5.81. The molecule has 0 unspecified atom stereocenters. The SMILES string of the molecule is CSc1nc2ccc(NCc3ccc(F)cc3)cc2s1. The van der Waals surface area contributed by atoms with Gasteiger partial charge in [-0.05, 0) is 42.2 Å². The molecule has 0 atom stereocenters. The van der Waals surface area contributed by atoms with Gasteiger partial charge in [0.1, 0.15) is 5.82 Å². The minimum absolute atomic E-state index is 0.204. The smallest absolute Gasteiger partial charge is 0.150 e. The van der Waals surface area contributed by atoms with Crippen molar-refractivity contribution in [3.8, 4) is 0 Å². The van der Waals surface area contributed by atoms with Crippen molar-refractivity contribution in [2.45, 2.75) is 10.9 Å². The average Bonchev–Trinajstić information content (AvgIpc) is 2.89. The van der Waals surface area contributed by atoms with E-state index in [-0.39, 0.29) is 5.82 Å². The number of halogens is 1. The maximum atomic E-state index is 12.8. The third kappa shape index (κ3) is 2.94. The molecule has 0 saturated carbocycles. The van der Waals surface area contributed by atoms with Gasteiger partial charge in [0.25, 0.3) is 0 Å². The largest absolute Gasteiger partial charge is 0.381 e. The van der Waals surface area contributed by atoms with Crippen LogP contribution in [0.5, 0.6) is 0 Å². The highest BCUT2D eigenvalue weighted by Gasteiger charge is 2.03. The van der Waals surface area contributed by atoms with E-state index < -0.39 is 0 Å². The van der Waals surface area contributed by atoms with E-state index in [0.717, 1.165) is 21.1 Å². The number of anilines is 1. The molecule has 0 bridgehead atoms. The van der Waals surface area contributed by atoms with Gasteiger partial charge in [-0.3, -0.25) is 0 Å². The summed E-state index contributed by atoms with van der Waals surface area (Å²) in [7, 11) is 0. The molecule has 0 fully saturated rings. The second-order valence-corrected chi connectivity index (χ2v) is 6.43. The molecule has 1 aromatic heterocycles. The lowest BCUT2D eigenvalue weighted by Gasteiger charge is -2.06. The molecule has 1 N–H and O–H groups in total. The van der Waals surface area contributed by atoms with E-state index >= 15 is 0 Å². The van der Waals surface area contributed by atoms with Crippen molar-refractivity contribution in [3.63, 3.8) is 0 Å². The molecule has 0 saturated heterocycles. The number of fused-ring (bicyclic) bond motifs is 1. The summed E-state index contributed by atoms with van der Waals surface area (Å²) in [6.07, 6.45) is 2.03. The predicted octanol–water partition coefficient (Wildman–Crippen LogP) is 4.77. The number of aromatic nitrogens is 1. The van der Waals surface area contributed by atoms with Crippen LogP contribution in [0.4, 0.5) is 10.1 Å². The average molecular weight is 304 g/mol. The number of hydrogen-bond donors (Lipinski definition) is 1. The van der Waals surface area contributed by atoms with Crippen LogP contribution in [0.25, 0.3) is 10.2 Å². The van der Waals surface area contributed by atoms with Crippen LogP contribution in [-0.4, -0.2) is 11.2 Å². The molecule has 0 aliphatic rings. The molecule has 20 heavy (non-hydrogen) atoms. The van der Waals surface area contributed by atoms with E-state index in [2.05, 4.69) is 16.4 Å². The Morgan fingerprint density at radius 1 is 1.20 bits per heavy atom. The number of rotatable bonds is 4. The van der Waals surface area contributed by atoms with Gasteiger partial charge >= 0.3 is 0 Å². The summed E-state index contributed by atoms with van der Waals surface area (Å²) < 4.78 is 15.1. The minimum Gasteiger partial charge on any atom is -0.381 e. The Morgan fingerprint density at radius 2 is 2.00 bits per heavy atom. The maximum absolute atomic E-state index is 12.8. The summed E-state index contributed by atoms with van der Waals surface area (Å²) in [5, 5.41) is 3.35. The number of nitrogens with zero attached hydrogens (tertiary/aromatic N) is 1. The quantitative estimate of drug-likeness (QED) is 0.703. The van der Waals surface area contributed by atoms with Crippen LogP contribution < -0.4 is 5.32 Å². The Labute approximate surface area is 125 Å². The Balaban J connectivity index is 1.75. The lowest BCUT2D eigenvalue weighted by Crippen LogP contribution is -1.98. The highest BCUT2D eigenvalue weighted by Crippen LogP contribution is 2.30. The van der Waals surface area contributed by atoms with Crippen LogP contribution >= 0.6 is 23.1 Å². The van der Waals surface area contributed by atoms with Gasteiger partial charge < -0.3 is 5.32 Å². The number of thiazole rings is 1. The monoisotopic (exact) mass is 304 g/mol. The Kier molecular flexibility index (Phi) is 3.89. The molecular weight excluding hydrogens is 291 g/mol. The molecule has 2 aromatic carbocycles. The summed E-state index contributed by atoms with van der Waals surface area (Å²) >= 11 is 3.36. The molecule has 3 aromatic rings. The molecule has 2 nitrogen and oxygen atoms in total. The molecule has 0 spiro atoms. The van der Waals surface area contributed by atoms with Crippen molar-refractivity contribution in [1.29, 1.82) is 0 Å². The Morgan fingerprint density at radius 3 is 2.75 bits per heavy atom. The van der Waals surface area contributed by atoms with Gasteiger partial charge in [0, 0.05) is 12.2 Å². The van der Waals surface area contributed by atoms with Crippen LogP contribution in [0.15, 0.2) is 46.8 Å².